The first-order valence-corrected chi connectivity index (χ1v) is 9.82. The Bertz CT molecular complexity index is 696. The van der Waals surface area contributed by atoms with Crippen LogP contribution in [0.3, 0.4) is 0 Å². The number of hydrogen-bond acceptors (Lipinski definition) is 5. The molecule has 2 saturated carbocycles. The molecule has 3 aliphatic rings. The van der Waals surface area contributed by atoms with Gasteiger partial charge in [0.15, 0.2) is 0 Å². The number of rotatable bonds is 2. The molecule has 1 aromatic heterocycles. The molecule has 0 radical (unpaired) electrons. The summed E-state index contributed by atoms with van der Waals surface area (Å²) in [6.07, 6.45) is 4.97. The van der Waals surface area contributed by atoms with Gasteiger partial charge in [0.1, 0.15) is 5.76 Å². The van der Waals surface area contributed by atoms with E-state index in [-0.39, 0.29) is 30.3 Å². The van der Waals surface area contributed by atoms with Gasteiger partial charge in [0.05, 0.1) is 24.9 Å². The highest BCUT2D eigenvalue weighted by Crippen LogP contribution is 2.65. The van der Waals surface area contributed by atoms with Crippen molar-refractivity contribution in [2.45, 2.75) is 58.0 Å². The fraction of sp³-hybridized carbons (Fsp3) is 0.762. The summed E-state index contributed by atoms with van der Waals surface area (Å²) in [7, 11) is 1.42. The number of fused-ring (bicyclic) bond motifs is 4. The third-order valence-electron chi connectivity index (χ3n) is 8.06. The molecule has 0 aliphatic heterocycles. The number of hydrogen-bond donors (Lipinski definition) is 2. The molecule has 0 bridgehead atoms. The van der Waals surface area contributed by atoms with Crippen molar-refractivity contribution in [2.75, 3.05) is 13.7 Å². The summed E-state index contributed by atoms with van der Waals surface area (Å²) in [5.74, 6) is 1.24. The summed E-state index contributed by atoms with van der Waals surface area (Å²) in [5.41, 5.74) is 0.00577. The molecule has 144 valence electrons. The quantitative estimate of drug-likeness (QED) is 0.791. The molecule has 7 atom stereocenters. The van der Waals surface area contributed by atoms with E-state index in [4.69, 9.17) is 9.15 Å². The first kappa shape index (κ1) is 18.1. The lowest BCUT2D eigenvalue weighted by molar-refractivity contribution is -0.209. The van der Waals surface area contributed by atoms with Gasteiger partial charge < -0.3 is 19.4 Å². The molecule has 0 saturated heterocycles. The van der Waals surface area contributed by atoms with Crippen molar-refractivity contribution in [3.63, 3.8) is 0 Å². The van der Waals surface area contributed by atoms with Gasteiger partial charge in [-0.3, -0.25) is 4.79 Å². The van der Waals surface area contributed by atoms with Crippen molar-refractivity contribution >= 4 is 5.97 Å². The fourth-order valence-electron chi connectivity index (χ4n) is 6.98. The number of esters is 1. The minimum Gasteiger partial charge on any atom is -0.469 e. The summed E-state index contributed by atoms with van der Waals surface area (Å²) in [6.45, 7) is 4.11. The van der Waals surface area contributed by atoms with Crippen LogP contribution in [-0.4, -0.2) is 36.0 Å². The Morgan fingerprint density at radius 3 is 2.88 bits per heavy atom. The van der Waals surface area contributed by atoms with Crippen molar-refractivity contribution < 1.29 is 24.2 Å². The van der Waals surface area contributed by atoms with E-state index in [9.17, 15) is 15.0 Å². The Labute approximate surface area is 154 Å². The standard InChI is InChI=1S/C21H30O5/c1-12-13-5-8-26-17(13)10-15-14(12)9-16(23)18-20(2,19(24)25-3)6-4-7-21(15,18)11-22/h5,8,12,14-16,18,22-23H,4,6-7,9-11H2,1-3H3/t12-,14-,15-,16+,18-,20-,21-/m0/s1. The predicted octanol–water partition coefficient (Wildman–Crippen LogP) is 2.89. The molecule has 2 fully saturated rings. The van der Waals surface area contributed by atoms with Gasteiger partial charge in [-0.1, -0.05) is 13.3 Å². The molecule has 1 aromatic rings. The maximum absolute atomic E-state index is 12.7. The maximum atomic E-state index is 12.7. The Hall–Kier alpha value is -1.33. The molecule has 0 amide bonds. The highest BCUT2D eigenvalue weighted by atomic mass is 16.5. The van der Waals surface area contributed by atoms with Crippen molar-refractivity contribution in [3.05, 3.63) is 23.7 Å². The van der Waals surface area contributed by atoms with E-state index in [0.717, 1.165) is 25.0 Å². The summed E-state index contributed by atoms with van der Waals surface area (Å²) in [4.78, 5) is 12.7. The van der Waals surface area contributed by atoms with E-state index in [0.29, 0.717) is 18.8 Å². The minimum atomic E-state index is -0.757. The zero-order valence-corrected chi connectivity index (χ0v) is 15.9. The first-order valence-electron chi connectivity index (χ1n) is 9.82. The van der Waals surface area contributed by atoms with Crippen LogP contribution in [0.15, 0.2) is 16.7 Å². The first-order chi connectivity index (χ1) is 12.4. The normalized spacial score (nSPS) is 44.6. The molecule has 0 spiro atoms. The van der Waals surface area contributed by atoms with E-state index < -0.39 is 16.9 Å². The topological polar surface area (TPSA) is 79.9 Å². The highest BCUT2D eigenvalue weighted by Gasteiger charge is 2.65. The van der Waals surface area contributed by atoms with E-state index in [1.54, 1.807) is 6.26 Å². The number of aliphatic hydroxyl groups excluding tert-OH is 2. The van der Waals surface area contributed by atoms with E-state index in [1.165, 1.54) is 12.7 Å². The second kappa shape index (κ2) is 6.10. The molecule has 2 N–H and O–H groups in total. The fourth-order valence-corrected chi connectivity index (χ4v) is 6.98. The summed E-state index contributed by atoms with van der Waals surface area (Å²) in [6, 6.07) is 2.04. The zero-order chi connectivity index (χ0) is 18.7. The van der Waals surface area contributed by atoms with Crippen LogP contribution in [0.5, 0.6) is 0 Å². The van der Waals surface area contributed by atoms with Crippen molar-refractivity contribution in [1.29, 1.82) is 0 Å². The van der Waals surface area contributed by atoms with Crippen molar-refractivity contribution in [3.8, 4) is 0 Å². The van der Waals surface area contributed by atoms with Crippen LogP contribution in [0.4, 0.5) is 0 Å². The summed E-state index contributed by atoms with van der Waals surface area (Å²) in [5, 5.41) is 21.8. The third-order valence-corrected chi connectivity index (χ3v) is 8.06. The number of furan rings is 1. The third kappa shape index (κ3) is 2.19. The minimum absolute atomic E-state index is 0.00869. The molecular weight excluding hydrogens is 332 g/mol. The zero-order valence-electron chi connectivity index (χ0n) is 15.9. The lowest BCUT2D eigenvalue weighted by atomic mass is 9.42. The molecular formula is C21H30O5. The summed E-state index contributed by atoms with van der Waals surface area (Å²) >= 11 is 0. The van der Waals surface area contributed by atoms with Gasteiger partial charge in [-0.2, -0.15) is 0 Å². The van der Waals surface area contributed by atoms with Crippen molar-refractivity contribution in [1.82, 2.24) is 0 Å². The average Bonchev–Trinajstić information content (AvgIpc) is 3.11. The van der Waals surface area contributed by atoms with Crippen LogP contribution in [0.1, 0.15) is 56.8 Å². The summed E-state index contributed by atoms with van der Waals surface area (Å²) < 4.78 is 10.9. The number of aliphatic hydroxyl groups is 2. The van der Waals surface area contributed by atoms with Gasteiger partial charge in [0.25, 0.3) is 0 Å². The van der Waals surface area contributed by atoms with Crippen LogP contribution in [-0.2, 0) is 16.0 Å². The SMILES string of the molecule is COC(=O)[C@@]1(C)CCC[C@@]2(CO)[C@H]1[C@H](O)C[C@H]1[C@@H](C)c3ccoc3C[C@@H]12. The van der Waals surface area contributed by atoms with Gasteiger partial charge >= 0.3 is 5.97 Å². The van der Waals surface area contributed by atoms with Crippen molar-refractivity contribution in [2.24, 2.45) is 28.6 Å². The Morgan fingerprint density at radius 1 is 1.42 bits per heavy atom. The number of carbonyl (C=O) groups excluding carboxylic acids is 1. The Kier molecular flexibility index (Phi) is 4.23. The van der Waals surface area contributed by atoms with Crippen LogP contribution in [0.25, 0.3) is 0 Å². The molecule has 0 unspecified atom stereocenters. The second-order valence-corrected chi connectivity index (χ2v) is 9.00. The number of ether oxygens (including phenoxy) is 1. The van der Waals surface area contributed by atoms with E-state index in [2.05, 4.69) is 6.92 Å². The lowest BCUT2D eigenvalue weighted by Crippen LogP contribution is -2.64. The van der Waals surface area contributed by atoms with E-state index in [1.807, 2.05) is 13.0 Å². The van der Waals surface area contributed by atoms with Crippen LogP contribution < -0.4 is 0 Å². The monoisotopic (exact) mass is 362 g/mol. The van der Waals surface area contributed by atoms with Gasteiger partial charge in [-0.25, -0.2) is 0 Å². The predicted molar refractivity (Wildman–Crippen MR) is 95.4 cm³/mol. The van der Waals surface area contributed by atoms with Gasteiger partial charge in [0.2, 0.25) is 0 Å². The average molecular weight is 362 g/mol. The molecule has 0 aromatic carbocycles. The van der Waals surface area contributed by atoms with E-state index >= 15 is 0 Å². The molecule has 4 rings (SSSR count). The van der Waals surface area contributed by atoms with Crippen LogP contribution >= 0.6 is 0 Å². The van der Waals surface area contributed by atoms with Crippen LogP contribution in [0.2, 0.25) is 0 Å². The largest absolute Gasteiger partial charge is 0.469 e. The molecule has 26 heavy (non-hydrogen) atoms. The molecule has 5 heteroatoms. The molecule has 5 nitrogen and oxygen atoms in total. The van der Waals surface area contributed by atoms with Crippen LogP contribution in [0, 0.1) is 28.6 Å². The Balaban J connectivity index is 1.82. The molecule has 3 aliphatic carbocycles. The highest BCUT2D eigenvalue weighted by molar-refractivity contribution is 5.77. The smallest absolute Gasteiger partial charge is 0.311 e. The second-order valence-electron chi connectivity index (χ2n) is 9.00. The molecule has 1 heterocycles. The number of methoxy groups -OCH3 is 1. The van der Waals surface area contributed by atoms with Gasteiger partial charge in [0, 0.05) is 24.4 Å². The number of carbonyl (C=O) groups is 1. The lowest BCUT2D eigenvalue weighted by Gasteiger charge is -2.62. The maximum Gasteiger partial charge on any atom is 0.311 e. The van der Waals surface area contributed by atoms with Gasteiger partial charge in [-0.05, 0) is 55.6 Å². The Morgan fingerprint density at radius 2 is 2.19 bits per heavy atom. The van der Waals surface area contributed by atoms with Gasteiger partial charge in [-0.15, -0.1) is 0 Å².